The summed E-state index contributed by atoms with van der Waals surface area (Å²) < 4.78 is 0. The number of carboxylic acid groups (broad SMARTS) is 1. The summed E-state index contributed by atoms with van der Waals surface area (Å²) in [7, 11) is 0. The number of aliphatic hydroxyl groups is 1. The first kappa shape index (κ1) is 13.8. The Morgan fingerprint density at radius 2 is 2.12 bits per heavy atom. The Balaban J connectivity index is 2.51. The van der Waals surface area contributed by atoms with Gasteiger partial charge in [0.15, 0.2) is 0 Å². The van der Waals surface area contributed by atoms with Gasteiger partial charge in [-0.05, 0) is 19.3 Å². The van der Waals surface area contributed by atoms with Crippen LogP contribution in [-0.2, 0) is 4.79 Å². The predicted molar refractivity (Wildman–Crippen MR) is 61.7 cm³/mol. The topological polar surface area (TPSA) is 89.9 Å². The molecule has 1 rings (SSSR count). The molecule has 17 heavy (non-hydrogen) atoms. The number of rotatable bonds is 7. The van der Waals surface area contributed by atoms with Gasteiger partial charge in [-0.3, -0.25) is 0 Å². The van der Waals surface area contributed by atoms with E-state index in [4.69, 9.17) is 10.2 Å². The number of amides is 2. The molecule has 0 aliphatic heterocycles. The van der Waals surface area contributed by atoms with Crippen LogP contribution in [0.1, 0.15) is 32.6 Å². The summed E-state index contributed by atoms with van der Waals surface area (Å²) in [6.45, 7) is 2.03. The van der Waals surface area contributed by atoms with E-state index in [-0.39, 0.29) is 25.2 Å². The minimum atomic E-state index is -1.01. The van der Waals surface area contributed by atoms with E-state index in [1.165, 1.54) is 4.90 Å². The quantitative estimate of drug-likeness (QED) is 0.605. The molecule has 1 fully saturated rings. The maximum atomic E-state index is 11.8. The number of carbonyl (C=O) groups is 2. The van der Waals surface area contributed by atoms with Crippen molar-refractivity contribution >= 4 is 12.0 Å². The number of carbonyl (C=O) groups excluding carboxylic acids is 1. The molecule has 6 heteroatoms. The molecular formula is C11H20N2O4. The van der Waals surface area contributed by atoms with Crippen molar-refractivity contribution in [1.29, 1.82) is 0 Å². The van der Waals surface area contributed by atoms with Gasteiger partial charge in [-0.15, -0.1) is 0 Å². The van der Waals surface area contributed by atoms with E-state index in [0.717, 1.165) is 12.8 Å². The van der Waals surface area contributed by atoms with Crippen molar-refractivity contribution in [1.82, 2.24) is 10.2 Å². The zero-order chi connectivity index (χ0) is 12.8. The van der Waals surface area contributed by atoms with Gasteiger partial charge in [-0.2, -0.15) is 0 Å². The summed E-state index contributed by atoms with van der Waals surface area (Å²) in [5.41, 5.74) is 0. The van der Waals surface area contributed by atoms with Crippen molar-refractivity contribution in [3.8, 4) is 0 Å². The molecule has 2 amide bonds. The van der Waals surface area contributed by atoms with Gasteiger partial charge in [0, 0.05) is 12.6 Å². The fourth-order valence-electron chi connectivity index (χ4n) is 1.72. The van der Waals surface area contributed by atoms with Crippen LogP contribution in [0.15, 0.2) is 0 Å². The minimum absolute atomic E-state index is 0.102. The van der Waals surface area contributed by atoms with Crippen molar-refractivity contribution in [3.63, 3.8) is 0 Å². The number of nitrogens with one attached hydrogen (secondary N) is 1. The van der Waals surface area contributed by atoms with Gasteiger partial charge < -0.3 is 20.4 Å². The van der Waals surface area contributed by atoms with Crippen LogP contribution in [0.25, 0.3) is 0 Å². The number of aliphatic hydroxyl groups excluding tert-OH is 1. The highest BCUT2D eigenvalue weighted by atomic mass is 16.4. The standard InChI is InChI=1S/C11H20N2O4/c1-2-3-9(10(15)16)12-11(17)13(6-7-14)8-4-5-8/h8-9,14H,2-7H2,1H3,(H,12,17)(H,15,16)/t9-/m1/s1. The maximum Gasteiger partial charge on any atom is 0.326 e. The molecule has 0 aromatic rings. The van der Waals surface area contributed by atoms with Crippen LogP contribution in [0.2, 0.25) is 0 Å². The lowest BCUT2D eigenvalue weighted by molar-refractivity contribution is -0.139. The second-order valence-corrected chi connectivity index (χ2v) is 4.28. The summed E-state index contributed by atoms with van der Waals surface area (Å²) in [6, 6.07) is -1.06. The number of carboxylic acids is 1. The lowest BCUT2D eigenvalue weighted by atomic mass is 10.2. The van der Waals surface area contributed by atoms with Crippen molar-refractivity contribution in [2.75, 3.05) is 13.2 Å². The molecule has 0 radical (unpaired) electrons. The fraction of sp³-hybridized carbons (Fsp3) is 0.818. The van der Waals surface area contributed by atoms with E-state index in [2.05, 4.69) is 5.32 Å². The maximum absolute atomic E-state index is 11.8. The Hall–Kier alpha value is -1.30. The molecule has 1 aliphatic carbocycles. The molecular weight excluding hydrogens is 224 g/mol. The fourth-order valence-corrected chi connectivity index (χ4v) is 1.72. The van der Waals surface area contributed by atoms with E-state index < -0.39 is 12.0 Å². The summed E-state index contributed by atoms with van der Waals surface area (Å²) in [4.78, 5) is 24.3. The van der Waals surface area contributed by atoms with Crippen molar-refractivity contribution in [2.45, 2.75) is 44.7 Å². The third-order valence-electron chi connectivity index (χ3n) is 2.76. The minimum Gasteiger partial charge on any atom is -0.480 e. The molecule has 0 saturated heterocycles. The van der Waals surface area contributed by atoms with Crippen LogP contribution >= 0.6 is 0 Å². The zero-order valence-corrected chi connectivity index (χ0v) is 10.1. The van der Waals surface area contributed by atoms with E-state index in [1.807, 2.05) is 6.92 Å². The Labute approximate surface area is 101 Å². The average molecular weight is 244 g/mol. The molecule has 0 spiro atoms. The first-order chi connectivity index (χ1) is 8.10. The van der Waals surface area contributed by atoms with E-state index in [9.17, 15) is 9.59 Å². The van der Waals surface area contributed by atoms with Crippen LogP contribution in [-0.4, -0.2) is 52.3 Å². The number of aliphatic carboxylic acids is 1. The molecule has 0 aromatic heterocycles. The molecule has 3 N–H and O–H groups in total. The van der Waals surface area contributed by atoms with Gasteiger partial charge in [-0.1, -0.05) is 13.3 Å². The van der Waals surface area contributed by atoms with Crippen LogP contribution in [0.5, 0.6) is 0 Å². The third-order valence-corrected chi connectivity index (χ3v) is 2.76. The third kappa shape index (κ3) is 4.22. The van der Waals surface area contributed by atoms with E-state index in [1.54, 1.807) is 0 Å². The first-order valence-electron chi connectivity index (χ1n) is 6.01. The van der Waals surface area contributed by atoms with Gasteiger partial charge in [0.1, 0.15) is 6.04 Å². The predicted octanol–water partition coefficient (Wildman–Crippen LogP) is 0.406. The monoisotopic (exact) mass is 244 g/mol. The largest absolute Gasteiger partial charge is 0.480 e. The van der Waals surface area contributed by atoms with Crippen molar-refractivity contribution in [2.24, 2.45) is 0 Å². The number of urea groups is 1. The lowest BCUT2D eigenvalue weighted by Crippen LogP contribution is -2.49. The summed E-state index contributed by atoms with van der Waals surface area (Å²) in [5, 5.41) is 20.3. The van der Waals surface area contributed by atoms with Crippen molar-refractivity contribution in [3.05, 3.63) is 0 Å². The molecule has 0 unspecified atom stereocenters. The molecule has 6 nitrogen and oxygen atoms in total. The molecule has 1 atom stereocenters. The van der Waals surface area contributed by atoms with Crippen LogP contribution in [0.4, 0.5) is 4.79 Å². The van der Waals surface area contributed by atoms with Crippen molar-refractivity contribution < 1.29 is 19.8 Å². The second kappa shape index (κ2) is 6.44. The van der Waals surface area contributed by atoms with Crippen LogP contribution < -0.4 is 5.32 Å². The Bertz CT molecular complexity index is 279. The van der Waals surface area contributed by atoms with E-state index in [0.29, 0.717) is 12.8 Å². The molecule has 1 aliphatic rings. The first-order valence-corrected chi connectivity index (χ1v) is 6.01. The second-order valence-electron chi connectivity index (χ2n) is 4.28. The van der Waals surface area contributed by atoms with Gasteiger partial charge in [0.25, 0.3) is 0 Å². The lowest BCUT2D eigenvalue weighted by Gasteiger charge is -2.24. The summed E-state index contributed by atoms with van der Waals surface area (Å²) >= 11 is 0. The normalized spacial score (nSPS) is 16.4. The SMILES string of the molecule is CCC[C@@H](NC(=O)N(CCO)C1CC1)C(=O)O. The van der Waals surface area contributed by atoms with Crippen LogP contribution in [0.3, 0.4) is 0 Å². The number of hydrogen-bond acceptors (Lipinski definition) is 3. The molecule has 98 valence electrons. The van der Waals surface area contributed by atoms with Gasteiger partial charge in [0.05, 0.1) is 6.61 Å². The molecule has 0 aromatic carbocycles. The van der Waals surface area contributed by atoms with Crippen LogP contribution in [0, 0.1) is 0 Å². The van der Waals surface area contributed by atoms with E-state index >= 15 is 0 Å². The molecule has 1 saturated carbocycles. The smallest absolute Gasteiger partial charge is 0.326 e. The van der Waals surface area contributed by atoms with Gasteiger partial charge in [-0.25, -0.2) is 9.59 Å². The Kier molecular flexibility index (Phi) is 5.21. The number of nitrogens with zero attached hydrogens (tertiary/aromatic N) is 1. The number of hydrogen-bond donors (Lipinski definition) is 3. The Morgan fingerprint density at radius 3 is 2.53 bits per heavy atom. The van der Waals surface area contributed by atoms with Gasteiger partial charge in [0.2, 0.25) is 0 Å². The molecule has 0 heterocycles. The molecule has 0 bridgehead atoms. The summed E-state index contributed by atoms with van der Waals surface area (Å²) in [6.07, 6.45) is 2.97. The van der Waals surface area contributed by atoms with Gasteiger partial charge >= 0.3 is 12.0 Å². The highest BCUT2D eigenvalue weighted by Crippen LogP contribution is 2.26. The average Bonchev–Trinajstić information content (AvgIpc) is 3.08. The highest BCUT2D eigenvalue weighted by Gasteiger charge is 2.33. The zero-order valence-electron chi connectivity index (χ0n) is 10.1. The Morgan fingerprint density at radius 1 is 1.47 bits per heavy atom. The highest BCUT2D eigenvalue weighted by molar-refractivity contribution is 5.82. The summed E-state index contributed by atoms with van der Waals surface area (Å²) in [5.74, 6) is -1.01.